The highest BCUT2D eigenvalue weighted by Crippen LogP contribution is 2.29. The molecule has 4 heterocycles. The van der Waals surface area contributed by atoms with Crippen LogP contribution >= 0.6 is 0 Å². The zero-order valence-corrected chi connectivity index (χ0v) is 17.3. The number of anilines is 1. The van der Waals surface area contributed by atoms with E-state index < -0.39 is 11.7 Å². The molecule has 0 spiro atoms. The van der Waals surface area contributed by atoms with Gasteiger partial charge in [-0.15, -0.1) is 0 Å². The molecule has 10 heteroatoms. The van der Waals surface area contributed by atoms with Crippen LogP contribution in [0.15, 0.2) is 48.9 Å². The molecule has 1 saturated heterocycles. The third kappa shape index (κ3) is 4.84. The van der Waals surface area contributed by atoms with Crippen molar-refractivity contribution in [2.75, 3.05) is 18.4 Å². The summed E-state index contributed by atoms with van der Waals surface area (Å²) in [5, 5.41) is 3.14. The second-order valence-electron chi connectivity index (χ2n) is 7.59. The van der Waals surface area contributed by atoms with Crippen LogP contribution in [0.3, 0.4) is 0 Å². The number of aromatic nitrogens is 4. The van der Waals surface area contributed by atoms with Gasteiger partial charge in [0, 0.05) is 43.4 Å². The Bertz CT molecular complexity index is 1090. The number of carbonyl (C=O) groups is 1. The number of likely N-dealkylation sites (tertiary alicyclic amines) is 1. The molecule has 1 atom stereocenters. The summed E-state index contributed by atoms with van der Waals surface area (Å²) < 4.78 is 38.2. The summed E-state index contributed by atoms with van der Waals surface area (Å²) in [5.74, 6) is 0.524. The molecule has 1 N–H and O–H groups in total. The molecule has 4 rings (SSSR count). The van der Waals surface area contributed by atoms with Crippen LogP contribution in [0.1, 0.15) is 34.6 Å². The van der Waals surface area contributed by atoms with Gasteiger partial charge in [-0.25, -0.2) is 19.9 Å². The lowest BCUT2D eigenvalue weighted by Crippen LogP contribution is -2.45. The fourth-order valence-corrected chi connectivity index (χ4v) is 3.62. The molecule has 0 radical (unpaired) electrons. The largest absolute Gasteiger partial charge is 0.417 e. The molecule has 1 fully saturated rings. The topological polar surface area (TPSA) is 83.9 Å². The van der Waals surface area contributed by atoms with Crippen molar-refractivity contribution in [2.45, 2.75) is 32.0 Å². The first kappa shape index (κ1) is 21.7. The van der Waals surface area contributed by atoms with Crippen LogP contribution in [0.2, 0.25) is 0 Å². The Labute approximate surface area is 182 Å². The van der Waals surface area contributed by atoms with Gasteiger partial charge in [-0.3, -0.25) is 4.79 Å². The van der Waals surface area contributed by atoms with Crippen molar-refractivity contribution < 1.29 is 18.0 Å². The van der Waals surface area contributed by atoms with Gasteiger partial charge in [-0.05, 0) is 50.1 Å². The van der Waals surface area contributed by atoms with Crippen molar-refractivity contribution in [3.05, 3.63) is 65.9 Å². The highest BCUT2D eigenvalue weighted by atomic mass is 19.4. The summed E-state index contributed by atoms with van der Waals surface area (Å²) in [5.41, 5.74) is 0.739. The average molecular weight is 442 g/mol. The first-order valence-corrected chi connectivity index (χ1v) is 10.2. The van der Waals surface area contributed by atoms with Gasteiger partial charge < -0.3 is 10.2 Å². The summed E-state index contributed by atoms with van der Waals surface area (Å²) in [6.45, 7) is 2.75. The standard InChI is InChI=1S/C22H21F3N6O/c1-14-5-7-17(20-26-9-3-10-27-20)19(29-14)21(32)31-11-2-4-16(13-31)30-18-8-6-15(12-28-18)22(23,24)25/h3,5-10,12,16H,2,4,11,13H2,1H3,(H,28,30). The molecule has 0 bridgehead atoms. The maximum absolute atomic E-state index is 13.3. The SMILES string of the molecule is Cc1ccc(-c2ncccn2)c(C(=O)N2CCCC(Nc3ccc(C(F)(F)F)cn3)C2)n1. The van der Waals surface area contributed by atoms with Gasteiger partial charge in [0.25, 0.3) is 5.91 Å². The van der Waals surface area contributed by atoms with Crippen molar-refractivity contribution >= 4 is 11.7 Å². The molecule has 32 heavy (non-hydrogen) atoms. The van der Waals surface area contributed by atoms with E-state index in [0.29, 0.717) is 36.0 Å². The monoisotopic (exact) mass is 442 g/mol. The summed E-state index contributed by atoms with van der Waals surface area (Å²) >= 11 is 0. The summed E-state index contributed by atoms with van der Waals surface area (Å²) in [6, 6.07) is 7.44. The zero-order valence-electron chi connectivity index (χ0n) is 17.3. The predicted octanol–water partition coefficient (Wildman–Crippen LogP) is 3.98. The Kier molecular flexibility index (Phi) is 6.02. The summed E-state index contributed by atoms with van der Waals surface area (Å²) in [7, 11) is 0. The van der Waals surface area contributed by atoms with E-state index in [9.17, 15) is 18.0 Å². The van der Waals surface area contributed by atoms with E-state index in [1.165, 1.54) is 6.07 Å². The molecule has 7 nitrogen and oxygen atoms in total. The Hall–Kier alpha value is -3.56. The van der Waals surface area contributed by atoms with Crippen LogP contribution in [-0.2, 0) is 6.18 Å². The number of pyridine rings is 2. The van der Waals surface area contributed by atoms with Crippen molar-refractivity contribution in [1.29, 1.82) is 0 Å². The van der Waals surface area contributed by atoms with Gasteiger partial charge >= 0.3 is 6.18 Å². The second kappa shape index (κ2) is 8.89. The maximum Gasteiger partial charge on any atom is 0.417 e. The number of amides is 1. The van der Waals surface area contributed by atoms with Gasteiger partial charge in [0.05, 0.1) is 11.1 Å². The maximum atomic E-state index is 13.3. The third-order valence-electron chi connectivity index (χ3n) is 5.20. The molecular formula is C22H21F3N6O. The van der Waals surface area contributed by atoms with Crippen LogP contribution in [0, 0.1) is 6.92 Å². The molecule has 3 aromatic rings. The Morgan fingerprint density at radius 2 is 1.91 bits per heavy atom. The highest BCUT2D eigenvalue weighted by molar-refractivity contribution is 5.98. The normalized spacial score (nSPS) is 16.6. The number of aryl methyl sites for hydroxylation is 1. The fourth-order valence-electron chi connectivity index (χ4n) is 3.62. The van der Waals surface area contributed by atoms with Crippen LogP contribution in [0.4, 0.5) is 19.0 Å². The molecule has 1 aliphatic heterocycles. The number of carbonyl (C=O) groups excluding carboxylic acids is 1. The molecule has 166 valence electrons. The van der Waals surface area contributed by atoms with E-state index in [0.717, 1.165) is 25.1 Å². The summed E-state index contributed by atoms with van der Waals surface area (Å²) in [6.07, 6.45) is 1.09. The minimum absolute atomic E-state index is 0.141. The number of alkyl halides is 3. The number of halogens is 3. The molecule has 0 saturated carbocycles. The highest BCUT2D eigenvalue weighted by Gasteiger charge is 2.31. The van der Waals surface area contributed by atoms with E-state index in [2.05, 4.69) is 25.3 Å². The van der Waals surface area contributed by atoms with Gasteiger partial charge in [0.2, 0.25) is 0 Å². The minimum Gasteiger partial charge on any atom is -0.366 e. The number of hydrogen-bond acceptors (Lipinski definition) is 6. The minimum atomic E-state index is -4.43. The van der Waals surface area contributed by atoms with Gasteiger partial charge in [0.1, 0.15) is 11.5 Å². The van der Waals surface area contributed by atoms with E-state index in [4.69, 9.17) is 0 Å². The van der Waals surface area contributed by atoms with E-state index in [1.807, 2.05) is 6.92 Å². The fraction of sp³-hybridized carbons (Fsp3) is 0.318. The van der Waals surface area contributed by atoms with Gasteiger partial charge in [-0.2, -0.15) is 13.2 Å². The lowest BCUT2D eigenvalue weighted by atomic mass is 10.0. The molecular weight excluding hydrogens is 421 g/mol. The van der Waals surface area contributed by atoms with Crippen LogP contribution in [0.5, 0.6) is 0 Å². The second-order valence-corrected chi connectivity index (χ2v) is 7.59. The molecule has 1 amide bonds. The number of rotatable bonds is 4. The number of piperidine rings is 1. The first-order chi connectivity index (χ1) is 15.3. The van der Waals surface area contributed by atoms with Gasteiger partial charge in [-0.1, -0.05) is 0 Å². The van der Waals surface area contributed by atoms with Crippen molar-refractivity contribution in [1.82, 2.24) is 24.8 Å². The predicted molar refractivity (Wildman–Crippen MR) is 112 cm³/mol. The average Bonchev–Trinajstić information content (AvgIpc) is 2.79. The number of nitrogens with one attached hydrogen (secondary N) is 1. The van der Waals surface area contributed by atoms with Crippen LogP contribution < -0.4 is 5.32 Å². The van der Waals surface area contributed by atoms with Crippen LogP contribution in [-0.4, -0.2) is 49.9 Å². The van der Waals surface area contributed by atoms with E-state index >= 15 is 0 Å². The molecule has 0 aliphatic carbocycles. The van der Waals surface area contributed by atoms with Crippen molar-refractivity contribution in [3.8, 4) is 11.4 Å². The third-order valence-corrected chi connectivity index (χ3v) is 5.20. The van der Waals surface area contributed by atoms with Crippen LogP contribution in [0.25, 0.3) is 11.4 Å². The molecule has 0 aromatic carbocycles. The zero-order chi connectivity index (χ0) is 22.7. The number of hydrogen-bond donors (Lipinski definition) is 1. The molecule has 3 aromatic heterocycles. The van der Waals surface area contributed by atoms with E-state index in [-0.39, 0.29) is 17.6 Å². The smallest absolute Gasteiger partial charge is 0.366 e. The van der Waals surface area contributed by atoms with Crippen molar-refractivity contribution in [2.24, 2.45) is 0 Å². The molecule has 1 aliphatic rings. The Morgan fingerprint density at radius 3 is 2.59 bits per heavy atom. The van der Waals surface area contributed by atoms with Gasteiger partial charge in [0.15, 0.2) is 5.82 Å². The molecule has 1 unspecified atom stereocenters. The Balaban J connectivity index is 1.50. The lowest BCUT2D eigenvalue weighted by Gasteiger charge is -2.33. The number of nitrogens with zero attached hydrogens (tertiary/aromatic N) is 5. The lowest BCUT2D eigenvalue weighted by molar-refractivity contribution is -0.137. The first-order valence-electron chi connectivity index (χ1n) is 10.2. The van der Waals surface area contributed by atoms with Crippen molar-refractivity contribution in [3.63, 3.8) is 0 Å². The summed E-state index contributed by atoms with van der Waals surface area (Å²) in [4.78, 5) is 31.8. The van der Waals surface area contributed by atoms with E-state index in [1.54, 1.807) is 35.5 Å². The Morgan fingerprint density at radius 1 is 1.12 bits per heavy atom. The quantitative estimate of drug-likeness (QED) is 0.658.